The molecule has 0 bridgehead atoms. The summed E-state index contributed by atoms with van der Waals surface area (Å²) >= 11 is 0. The normalized spacial score (nSPS) is 18.9. The van der Waals surface area contributed by atoms with Crippen LogP contribution in [0.25, 0.3) is 0 Å². The van der Waals surface area contributed by atoms with Crippen LogP contribution in [0, 0.1) is 5.92 Å². The third-order valence-electron chi connectivity index (χ3n) is 3.60. The number of carboxylic acids is 1. The van der Waals surface area contributed by atoms with Crippen LogP contribution in [0.3, 0.4) is 0 Å². The van der Waals surface area contributed by atoms with Crippen LogP contribution in [0.2, 0.25) is 0 Å². The lowest BCUT2D eigenvalue weighted by atomic mass is 10.0. The number of nitrogens with two attached hydrogens (primary N) is 1. The summed E-state index contributed by atoms with van der Waals surface area (Å²) in [5, 5.41) is 8.61. The number of aliphatic carboxylic acids is 1. The second-order valence-electron chi connectivity index (χ2n) is 5.68. The van der Waals surface area contributed by atoms with Crippen LogP contribution in [-0.4, -0.2) is 24.3 Å². The Morgan fingerprint density at radius 3 is 2.76 bits per heavy atom. The minimum absolute atomic E-state index is 0.103. The molecule has 0 radical (unpaired) electrons. The molecule has 3 N–H and O–H groups in total. The quantitative estimate of drug-likeness (QED) is 0.788. The first-order valence-corrected chi connectivity index (χ1v) is 7.43. The molecule has 1 aromatic carbocycles. The molecule has 0 saturated heterocycles. The van der Waals surface area contributed by atoms with E-state index in [2.05, 4.69) is 6.92 Å². The van der Waals surface area contributed by atoms with Crippen molar-refractivity contribution >= 4 is 5.97 Å². The molecule has 5 nitrogen and oxygen atoms in total. The molecule has 1 heterocycles. The molecule has 0 fully saturated rings. The Morgan fingerprint density at radius 2 is 2.05 bits per heavy atom. The number of ether oxygens (including phenoxy) is 2. The molecule has 2 rings (SSSR count). The fourth-order valence-electron chi connectivity index (χ4n) is 2.31. The fraction of sp³-hybridized carbons (Fsp3) is 0.562. The molecule has 0 amide bonds. The number of rotatable bonds is 6. The molecule has 0 saturated carbocycles. The van der Waals surface area contributed by atoms with E-state index in [4.69, 9.17) is 20.3 Å². The van der Waals surface area contributed by atoms with Crippen molar-refractivity contribution in [2.24, 2.45) is 11.7 Å². The van der Waals surface area contributed by atoms with Gasteiger partial charge in [-0.25, -0.2) is 0 Å². The van der Waals surface area contributed by atoms with Gasteiger partial charge in [-0.2, -0.15) is 0 Å². The molecular weight excluding hydrogens is 270 g/mol. The lowest BCUT2D eigenvalue weighted by Crippen LogP contribution is -2.12. The topological polar surface area (TPSA) is 81.8 Å². The first-order chi connectivity index (χ1) is 10.1. The molecule has 0 spiro atoms. The number of benzene rings is 1. The third kappa shape index (κ3) is 4.63. The SMILES string of the molecule is CC1COc2ccc(C(N)CCCCC(=O)O)cc2OC1. The van der Waals surface area contributed by atoms with Crippen molar-refractivity contribution in [1.29, 1.82) is 0 Å². The highest BCUT2D eigenvalue weighted by Crippen LogP contribution is 2.33. The van der Waals surface area contributed by atoms with E-state index >= 15 is 0 Å². The largest absolute Gasteiger partial charge is 0.489 e. The van der Waals surface area contributed by atoms with Crippen LogP contribution in [0.15, 0.2) is 18.2 Å². The number of unbranched alkanes of at least 4 members (excludes halogenated alkanes) is 1. The molecule has 21 heavy (non-hydrogen) atoms. The van der Waals surface area contributed by atoms with Gasteiger partial charge in [0.2, 0.25) is 0 Å². The van der Waals surface area contributed by atoms with Gasteiger partial charge >= 0.3 is 5.97 Å². The average molecular weight is 293 g/mol. The number of carboxylic acid groups (broad SMARTS) is 1. The summed E-state index contributed by atoms with van der Waals surface area (Å²) in [6.45, 7) is 3.39. The molecule has 5 heteroatoms. The predicted molar refractivity (Wildman–Crippen MR) is 79.6 cm³/mol. The van der Waals surface area contributed by atoms with Gasteiger partial charge in [-0.15, -0.1) is 0 Å². The van der Waals surface area contributed by atoms with E-state index in [9.17, 15) is 4.79 Å². The van der Waals surface area contributed by atoms with Gasteiger partial charge in [0.05, 0.1) is 13.2 Å². The lowest BCUT2D eigenvalue weighted by molar-refractivity contribution is -0.137. The third-order valence-corrected chi connectivity index (χ3v) is 3.60. The monoisotopic (exact) mass is 293 g/mol. The maximum Gasteiger partial charge on any atom is 0.303 e. The Kier molecular flexibility index (Phi) is 5.44. The van der Waals surface area contributed by atoms with E-state index in [0.29, 0.717) is 25.6 Å². The Bertz CT molecular complexity index is 489. The Labute approximate surface area is 125 Å². The highest BCUT2D eigenvalue weighted by atomic mass is 16.5. The van der Waals surface area contributed by atoms with Gasteiger partial charge in [0.1, 0.15) is 0 Å². The highest BCUT2D eigenvalue weighted by molar-refractivity contribution is 5.66. The fourth-order valence-corrected chi connectivity index (χ4v) is 2.31. The summed E-state index contributed by atoms with van der Waals surface area (Å²) in [5.41, 5.74) is 7.17. The maximum atomic E-state index is 10.5. The standard InChI is InChI=1S/C16H23NO4/c1-11-9-20-14-7-6-12(8-15(14)21-10-11)13(17)4-2-3-5-16(18)19/h6-8,11,13H,2-5,9-10,17H2,1H3,(H,18,19). The number of hydrogen-bond acceptors (Lipinski definition) is 4. The average Bonchev–Trinajstić information content (AvgIpc) is 2.65. The minimum atomic E-state index is -0.756. The van der Waals surface area contributed by atoms with Crippen LogP contribution in [0.5, 0.6) is 11.5 Å². The van der Waals surface area contributed by atoms with Crippen LogP contribution in [-0.2, 0) is 4.79 Å². The molecule has 1 aliphatic heterocycles. The molecule has 116 valence electrons. The summed E-state index contributed by atoms with van der Waals surface area (Å²) in [7, 11) is 0. The van der Waals surface area contributed by atoms with Crippen molar-refractivity contribution < 1.29 is 19.4 Å². The van der Waals surface area contributed by atoms with E-state index in [1.54, 1.807) is 0 Å². The number of fused-ring (bicyclic) bond motifs is 1. The van der Waals surface area contributed by atoms with Gasteiger partial charge in [0.15, 0.2) is 11.5 Å². The molecule has 2 unspecified atom stereocenters. The summed E-state index contributed by atoms with van der Waals surface area (Å²) in [6.07, 6.45) is 2.43. The zero-order chi connectivity index (χ0) is 15.2. The molecule has 0 aromatic heterocycles. The first-order valence-electron chi connectivity index (χ1n) is 7.43. The van der Waals surface area contributed by atoms with Crippen LogP contribution in [0.4, 0.5) is 0 Å². The smallest absolute Gasteiger partial charge is 0.303 e. The van der Waals surface area contributed by atoms with Crippen molar-refractivity contribution in [2.75, 3.05) is 13.2 Å². The minimum Gasteiger partial charge on any atom is -0.489 e. The van der Waals surface area contributed by atoms with Gasteiger partial charge in [0, 0.05) is 18.4 Å². The summed E-state index contributed by atoms with van der Waals surface area (Å²) < 4.78 is 11.4. The molecule has 2 atom stereocenters. The van der Waals surface area contributed by atoms with Gasteiger partial charge in [-0.3, -0.25) is 4.79 Å². The zero-order valence-electron chi connectivity index (χ0n) is 12.4. The van der Waals surface area contributed by atoms with Gasteiger partial charge in [-0.05, 0) is 30.5 Å². The molecule has 1 aliphatic rings. The Hall–Kier alpha value is -1.75. The van der Waals surface area contributed by atoms with Crippen molar-refractivity contribution in [2.45, 2.75) is 38.6 Å². The van der Waals surface area contributed by atoms with Gasteiger partial charge in [0.25, 0.3) is 0 Å². The van der Waals surface area contributed by atoms with E-state index in [1.807, 2.05) is 18.2 Å². The van der Waals surface area contributed by atoms with E-state index in [0.717, 1.165) is 29.9 Å². The molecule has 1 aromatic rings. The number of hydrogen-bond donors (Lipinski definition) is 2. The highest BCUT2D eigenvalue weighted by Gasteiger charge is 2.17. The number of carbonyl (C=O) groups is 1. The Morgan fingerprint density at radius 1 is 1.33 bits per heavy atom. The van der Waals surface area contributed by atoms with Crippen molar-refractivity contribution in [1.82, 2.24) is 0 Å². The van der Waals surface area contributed by atoms with Crippen LogP contribution < -0.4 is 15.2 Å². The van der Waals surface area contributed by atoms with Crippen LogP contribution >= 0.6 is 0 Å². The van der Waals surface area contributed by atoms with Crippen molar-refractivity contribution in [3.8, 4) is 11.5 Å². The zero-order valence-corrected chi connectivity index (χ0v) is 12.4. The maximum absolute atomic E-state index is 10.5. The van der Waals surface area contributed by atoms with Gasteiger partial charge in [-0.1, -0.05) is 19.4 Å². The van der Waals surface area contributed by atoms with Crippen molar-refractivity contribution in [3.05, 3.63) is 23.8 Å². The summed E-state index contributed by atoms with van der Waals surface area (Å²) in [5.74, 6) is 1.12. The van der Waals surface area contributed by atoms with Gasteiger partial charge < -0.3 is 20.3 Å². The second kappa shape index (κ2) is 7.31. The van der Waals surface area contributed by atoms with Crippen molar-refractivity contribution in [3.63, 3.8) is 0 Å². The summed E-state index contributed by atoms with van der Waals surface area (Å²) in [4.78, 5) is 10.5. The summed E-state index contributed by atoms with van der Waals surface area (Å²) in [6, 6.07) is 5.70. The molecular formula is C16H23NO4. The molecule has 0 aliphatic carbocycles. The second-order valence-corrected chi connectivity index (χ2v) is 5.68. The van der Waals surface area contributed by atoms with E-state index in [-0.39, 0.29) is 12.5 Å². The van der Waals surface area contributed by atoms with E-state index in [1.165, 1.54) is 0 Å². The lowest BCUT2D eigenvalue weighted by Gasteiger charge is -2.14. The predicted octanol–water partition coefficient (Wildman–Crippen LogP) is 2.74. The Balaban J connectivity index is 1.93. The van der Waals surface area contributed by atoms with E-state index < -0.39 is 5.97 Å². The van der Waals surface area contributed by atoms with Crippen LogP contribution in [0.1, 0.15) is 44.2 Å². The first kappa shape index (κ1) is 15.6.